The van der Waals surface area contributed by atoms with E-state index in [9.17, 15) is 0 Å². The molecular formula is H2ClMnO4. The van der Waals surface area contributed by atoms with Crippen LogP contribution < -0.4 is 4.19 Å². The summed E-state index contributed by atoms with van der Waals surface area (Å²) >= 11 is -5.62. The van der Waals surface area contributed by atoms with Crippen LogP contribution in [0.25, 0.3) is 0 Å². The van der Waals surface area contributed by atoms with Crippen LogP contribution in [-0.4, -0.2) is 0 Å². The van der Waals surface area contributed by atoms with Crippen LogP contribution in [0.1, 0.15) is 0 Å². The SMILES string of the molecule is [ClH2+].[O]=[Mn](=[O])(=[O])[O-]. The van der Waals surface area contributed by atoms with Crippen LogP contribution in [0.5, 0.6) is 0 Å². The van der Waals surface area contributed by atoms with Crippen molar-refractivity contribution in [1.82, 2.24) is 0 Å². The molecule has 40 valence electrons. The maximum absolute atomic E-state index is 8.58. The van der Waals surface area contributed by atoms with E-state index in [0.717, 1.165) is 0 Å². The van der Waals surface area contributed by atoms with E-state index in [1.54, 1.807) is 0 Å². The van der Waals surface area contributed by atoms with E-state index in [4.69, 9.17) is 15.7 Å². The van der Waals surface area contributed by atoms with Crippen LogP contribution in [-0.2, 0) is 24.5 Å². The minimum absolute atomic E-state index is 0. The van der Waals surface area contributed by atoms with Gasteiger partial charge in [0.2, 0.25) is 0 Å². The molecule has 0 radical (unpaired) electrons. The molecule has 0 saturated carbocycles. The van der Waals surface area contributed by atoms with Crippen molar-refractivity contribution in [3.63, 3.8) is 0 Å². The monoisotopic (exact) mass is 156 g/mol. The zero-order valence-electron chi connectivity index (χ0n) is 2.46. The van der Waals surface area contributed by atoms with Gasteiger partial charge in [-0.05, 0) is 0 Å². The molecule has 0 fully saturated rings. The van der Waals surface area contributed by atoms with Crippen LogP contribution in [0.2, 0.25) is 0 Å². The maximum atomic E-state index is 8.58. The van der Waals surface area contributed by atoms with Gasteiger partial charge in [0.05, 0.1) is 12.4 Å². The van der Waals surface area contributed by atoms with E-state index in [1.807, 2.05) is 0 Å². The molecular weight excluding hydrogens is 154 g/mol. The third kappa shape index (κ3) is 1460. The second-order valence-electron chi connectivity index (χ2n) is 0.378. The summed E-state index contributed by atoms with van der Waals surface area (Å²) in [5, 5.41) is 0. The Labute approximate surface area is 41.7 Å². The molecule has 0 aromatic rings. The van der Waals surface area contributed by atoms with Crippen molar-refractivity contribution >= 4 is 0 Å². The zero-order chi connectivity index (χ0) is 4.50. The van der Waals surface area contributed by atoms with Crippen LogP contribution in [0, 0.1) is 12.4 Å². The first-order chi connectivity index (χ1) is 2.00. The quantitative estimate of drug-likeness (QED) is 0.377. The summed E-state index contributed by atoms with van der Waals surface area (Å²) in [6, 6.07) is 0. The van der Waals surface area contributed by atoms with Gasteiger partial charge in [0.1, 0.15) is 0 Å². The summed E-state index contributed by atoms with van der Waals surface area (Å²) in [5.41, 5.74) is 0. The molecule has 0 aromatic carbocycles. The fourth-order valence-corrected chi connectivity index (χ4v) is 0. The first-order valence-electron chi connectivity index (χ1n) is 0.617. The minimum atomic E-state index is -5.62. The molecule has 0 bridgehead atoms. The third-order valence-electron chi connectivity index (χ3n) is 0. The van der Waals surface area contributed by atoms with Crippen LogP contribution in [0.15, 0.2) is 0 Å². The van der Waals surface area contributed by atoms with Gasteiger partial charge in [-0.3, -0.25) is 0 Å². The van der Waals surface area contributed by atoms with Crippen molar-refractivity contribution in [3.8, 4) is 0 Å². The summed E-state index contributed by atoms with van der Waals surface area (Å²) in [6.07, 6.45) is 0. The molecule has 0 heterocycles. The average molecular weight is 156 g/mol. The Kier molecular flexibility index (Phi) is 3.73. The van der Waals surface area contributed by atoms with Crippen molar-refractivity contribution < 1.29 is 41.1 Å². The Bertz CT molecular complexity index is 129. The number of hydrogen-bond acceptors (Lipinski definition) is 4. The summed E-state index contributed by atoms with van der Waals surface area (Å²) in [6.45, 7) is 0. The van der Waals surface area contributed by atoms with Gasteiger partial charge in [0, 0.05) is 0 Å². The molecule has 0 unspecified atom stereocenters. The number of rotatable bonds is 0. The molecule has 0 aliphatic heterocycles. The van der Waals surface area contributed by atoms with Crippen LogP contribution >= 0.6 is 0 Å². The van der Waals surface area contributed by atoms with Gasteiger partial charge in [-0.25, -0.2) is 0 Å². The molecule has 0 aliphatic carbocycles. The van der Waals surface area contributed by atoms with Crippen molar-refractivity contribution in [2.45, 2.75) is 0 Å². The molecule has 0 rings (SSSR count). The first-order valence-corrected chi connectivity index (χ1v) is 2.54. The Hall–Kier alpha value is 0.169. The molecule has 4 nitrogen and oxygen atoms in total. The summed E-state index contributed by atoms with van der Waals surface area (Å²) in [4.78, 5) is 0. The molecule has 6 heteroatoms. The van der Waals surface area contributed by atoms with E-state index >= 15 is 0 Å². The molecule has 0 N–H and O–H groups in total. The Morgan fingerprint density at radius 3 is 1.17 bits per heavy atom. The van der Waals surface area contributed by atoms with E-state index < -0.39 is 13.0 Å². The van der Waals surface area contributed by atoms with Crippen molar-refractivity contribution in [2.24, 2.45) is 0 Å². The van der Waals surface area contributed by atoms with Gasteiger partial charge >= 0.3 is 28.7 Å². The van der Waals surface area contributed by atoms with E-state index in [0.29, 0.717) is 0 Å². The second-order valence-corrected chi connectivity index (χ2v) is 1.56. The van der Waals surface area contributed by atoms with Gasteiger partial charge in [0.15, 0.2) is 0 Å². The second kappa shape index (κ2) is 2.36. The Balaban J connectivity index is 0. The van der Waals surface area contributed by atoms with Crippen LogP contribution in [0.3, 0.4) is 0 Å². The molecule has 0 saturated heterocycles. The van der Waals surface area contributed by atoms with Gasteiger partial charge in [-0.15, -0.1) is 0 Å². The van der Waals surface area contributed by atoms with Gasteiger partial charge in [-0.2, -0.15) is 0 Å². The van der Waals surface area contributed by atoms with E-state index in [-0.39, 0.29) is 12.4 Å². The standard InChI is InChI=1S/ClH2.Mn.4O/h1H2;;;;;/q+1;;;;;-1. The number of hydrogen-bond donors (Lipinski definition) is 0. The molecule has 0 amide bonds. The molecule has 0 atom stereocenters. The average Bonchev–Trinajstić information content (AvgIpc) is 0.722. The first kappa shape index (κ1) is 9.48. The molecule has 0 aromatic heterocycles. The predicted molar refractivity (Wildman–Crippen MR) is 4.85 cm³/mol. The van der Waals surface area contributed by atoms with Crippen molar-refractivity contribution in [3.05, 3.63) is 0 Å². The Morgan fingerprint density at radius 1 is 1.17 bits per heavy atom. The van der Waals surface area contributed by atoms with Gasteiger partial charge in [-0.1, -0.05) is 0 Å². The van der Waals surface area contributed by atoms with Gasteiger partial charge in [0.25, 0.3) is 0 Å². The Morgan fingerprint density at radius 2 is 1.17 bits per heavy atom. The topological polar surface area (TPSA) is 74.3 Å². The summed E-state index contributed by atoms with van der Waals surface area (Å²) in [5.74, 6) is 0. The fraction of sp³-hybridized carbons (Fsp3) is 0. The van der Waals surface area contributed by atoms with E-state index in [1.165, 1.54) is 0 Å². The van der Waals surface area contributed by atoms with Crippen molar-refractivity contribution in [2.75, 3.05) is 0 Å². The molecule has 0 spiro atoms. The molecule has 6 heavy (non-hydrogen) atoms. The van der Waals surface area contributed by atoms with Crippen LogP contribution in [0.4, 0.5) is 0 Å². The third-order valence-corrected chi connectivity index (χ3v) is 0. The van der Waals surface area contributed by atoms with Crippen molar-refractivity contribution in [1.29, 1.82) is 0 Å². The molecule has 0 aliphatic rings. The predicted octanol–water partition coefficient (Wildman–Crippen LogP) is -2.08. The van der Waals surface area contributed by atoms with Gasteiger partial charge < -0.3 is 0 Å². The normalized spacial score (nSPS) is 9.50. The fourth-order valence-electron chi connectivity index (χ4n) is 0. The zero-order valence-corrected chi connectivity index (χ0v) is 4.53. The number of halogens is 1. The summed E-state index contributed by atoms with van der Waals surface area (Å²) in [7, 11) is 0. The summed E-state index contributed by atoms with van der Waals surface area (Å²) < 4.78 is 34.3. The van der Waals surface area contributed by atoms with E-state index in [2.05, 4.69) is 0 Å².